The summed E-state index contributed by atoms with van der Waals surface area (Å²) in [4.78, 5) is 34.6. The van der Waals surface area contributed by atoms with Crippen LogP contribution in [0.15, 0.2) is 0 Å². The number of carbonyl (C=O) groups is 3. The molecule has 0 heterocycles. The summed E-state index contributed by atoms with van der Waals surface area (Å²) in [6.07, 6.45) is 0.438. The Bertz CT molecular complexity index is 566. The Balaban J connectivity index is -0.000000176. The fourth-order valence-electron chi connectivity index (χ4n) is 2.40. The van der Waals surface area contributed by atoms with Gasteiger partial charge in [0, 0.05) is 17.9 Å². The van der Waals surface area contributed by atoms with Crippen molar-refractivity contribution < 1.29 is 32.5 Å². The second-order valence-electron chi connectivity index (χ2n) is 6.07. The van der Waals surface area contributed by atoms with E-state index in [1.807, 2.05) is 0 Å². The first kappa shape index (κ1) is 46.5. The van der Waals surface area contributed by atoms with Gasteiger partial charge in [-0.1, -0.05) is 58.4 Å². The van der Waals surface area contributed by atoms with Crippen LogP contribution in [0.2, 0.25) is 0 Å². The lowest BCUT2D eigenvalue weighted by Gasteiger charge is -2.21. The number of hydrogen-bond acceptors (Lipinski definition) is 5. The van der Waals surface area contributed by atoms with Gasteiger partial charge in [-0.05, 0) is 26.2 Å². The Morgan fingerprint density at radius 2 is 1.37 bits per heavy atom. The van der Waals surface area contributed by atoms with E-state index < -0.39 is 57.5 Å². The summed E-state index contributed by atoms with van der Waals surface area (Å²) in [7, 11) is -4.22. The van der Waals surface area contributed by atoms with Crippen molar-refractivity contribution >= 4 is 27.9 Å². The molecule has 4 unspecified atom stereocenters. The first-order valence-electron chi connectivity index (χ1n) is 7.65. The van der Waals surface area contributed by atoms with Gasteiger partial charge in [0.1, 0.15) is 0 Å². The molecule has 0 aliphatic carbocycles. The highest BCUT2D eigenvalue weighted by atomic mass is 32.2. The third-order valence-electron chi connectivity index (χ3n) is 3.75. The van der Waals surface area contributed by atoms with Crippen molar-refractivity contribution in [3.05, 3.63) is 0 Å². The van der Waals surface area contributed by atoms with E-state index in [4.69, 9.17) is 10.3 Å². The normalized spacial score (nSPS) is 13.3. The number of carbonyl (C=O) groups excluding carboxylic acids is 2. The lowest BCUT2D eigenvalue weighted by molar-refractivity contribution is -0.143. The van der Waals surface area contributed by atoms with Gasteiger partial charge >= 0.3 is 5.97 Å². The maximum absolute atomic E-state index is 12.0. The van der Waals surface area contributed by atoms with Gasteiger partial charge in [-0.25, -0.2) is 0 Å². The number of carboxylic acids is 1. The standard InChI is InChI=1S/C14H26N2O7S.6CH4/c1-4-10(12(15)17)6-11(14(19)20)5-8(2)13(18)16-9(3)7-24(21,22)23;;;;;;/h8-11H,4-7H2,1-3H3,(H2,15,17)(H,16,18)(H,19,20)(H,21,22,23);6*1H4. The van der Waals surface area contributed by atoms with Gasteiger partial charge in [0.25, 0.3) is 10.1 Å². The zero-order chi connectivity index (χ0) is 19.1. The number of nitrogens with one attached hydrogen (secondary N) is 1. The van der Waals surface area contributed by atoms with E-state index in [9.17, 15) is 27.9 Å². The second kappa shape index (κ2) is 20.6. The molecular formula is C20H50N2O7S. The first-order chi connectivity index (χ1) is 10.9. The molecule has 2 amide bonds. The molecule has 0 fully saturated rings. The fraction of sp³-hybridized carbons (Fsp3) is 0.850. The number of carboxylic acid groups (broad SMARTS) is 1. The highest BCUT2D eigenvalue weighted by molar-refractivity contribution is 7.85. The van der Waals surface area contributed by atoms with Gasteiger partial charge in [0.05, 0.1) is 11.7 Å². The third-order valence-corrected chi connectivity index (χ3v) is 4.67. The van der Waals surface area contributed by atoms with Crippen LogP contribution in [0.1, 0.15) is 84.6 Å². The van der Waals surface area contributed by atoms with Crippen LogP contribution in [0.4, 0.5) is 0 Å². The minimum absolute atomic E-state index is 0. The van der Waals surface area contributed by atoms with Crippen LogP contribution >= 0.6 is 0 Å². The summed E-state index contributed by atoms with van der Waals surface area (Å²) >= 11 is 0. The van der Waals surface area contributed by atoms with Crippen LogP contribution in [0.25, 0.3) is 0 Å². The number of hydrogen-bond donors (Lipinski definition) is 4. The quantitative estimate of drug-likeness (QED) is 0.339. The number of amides is 2. The minimum atomic E-state index is -4.22. The maximum Gasteiger partial charge on any atom is 0.306 e. The van der Waals surface area contributed by atoms with Crippen molar-refractivity contribution in [1.29, 1.82) is 0 Å². The van der Waals surface area contributed by atoms with Crippen molar-refractivity contribution in [2.75, 3.05) is 5.75 Å². The zero-order valence-electron chi connectivity index (χ0n) is 14.1. The summed E-state index contributed by atoms with van der Waals surface area (Å²) in [5.74, 6) is -5.07. The predicted molar refractivity (Wildman–Crippen MR) is 127 cm³/mol. The molecule has 0 saturated carbocycles. The Labute approximate surface area is 186 Å². The van der Waals surface area contributed by atoms with Crippen LogP contribution in [0.5, 0.6) is 0 Å². The summed E-state index contributed by atoms with van der Waals surface area (Å²) in [5.41, 5.74) is 5.22. The van der Waals surface area contributed by atoms with Crippen molar-refractivity contribution in [3.8, 4) is 0 Å². The second-order valence-corrected chi connectivity index (χ2v) is 7.57. The fourth-order valence-corrected chi connectivity index (χ4v) is 3.12. The SMILES string of the molecule is C.C.C.C.C.C.CCC(CC(CC(C)C(=O)NC(C)CS(=O)(=O)O)C(=O)O)C(N)=O. The molecule has 0 aromatic carbocycles. The number of primary amides is 1. The van der Waals surface area contributed by atoms with Crippen LogP contribution in [0, 0.1) is 17.8 Å². The summed E-state index contributed by atoms with van der Waals surface area (Å²) < 4.78 is 30.3. The lowest BCUT2D eigenvalue weighted by atomic mass is 9.86. The third kappa shape index (κ3) is 19.6. The minimum Gasteiger partial charge on any atom is -0.481 e. The molecule has 0 aromatic heterocycles. The highest BCUT2D eigenvalue weighted by Gasteiger charge is 2.29. The number of nitrogens with two attached hydrogens (primary N) is 1. The van der Waals surface area contributed by atoms with Crippen molar-refractivity contribution in [1.82, 2.24) is 5.32 Å². The average molecular weight is 463 g/mol. The van der Waals surface area contributed by atoms with Gasteiger partial charge < -0.3 is 16.2 Å². The van der Waals surface area contributed by atoms with Crippen molar-refractivity contribution in [3.63, 3.8) is 0 Å². The molecule has 9 nitrogen and oxygen atoms in total. The molecule has 4 atom stereocenters. The molecule has 188 valence electrons. The van der Waals surface area contributed by atoms with E-state index in [2.05, 4.69) is 5.32 Å². The monoisotopic (exact) mass is 462 g/mol. The van der Waals surface area contributed by atoms with Crippen LogP contribution < -0.4 is 11.1 Å². The molecule has 0 rings (SSSR count). The zero-order valence-corrected chi connectivity index (χ0v) is 14.9. The number of aliphatic carboxylic acids is 1. The van der Waals surface area contributed by atoms with E-state index in [1.165, 1.54) is 13.8 Å². The van der Waals surface area contributed by atoms with Gasteiger partial charge in [0.2, 0.25) is 11.8 Å². The van der Waals surface area contributed by atoms with E-state index in [0.29, 0.717) is 6.42 Å². The lowest BCUT2D eigenvalue weighted by Crippen LogP contribution is -2.41. The molecule has 0 aliphatic heterocycles. The summed E-state index contributed by atoms with van der Waals surface area (Å²) in [6, 6.07) is -0.813. The van der Waals surface area contributed by atoms with Crippen LogP contribution in [-0.4, -0.2) is 47.7 Å². The molecule has 0 bridgehead atoms. The van der Waals surface area contributed by atoms with E-state index >= 15 is 0 Å². The maximum atomic E-state index is 12.0. The van der Waals surface area contributed by atoms with E-state index in [1.54, 1.807) is 6.92 Å². The molecule has 0 aliphatic rings. The Hall–Kier alpha value is -1.68. The summed E-state index contributed by atoms with van der Waals surface area (Å²) in [6.45, 7) is 4.64. The highest BCUT2D eigenvalue weighted by Crippen LogP contribution is 2.23. The summed E-state index contributed by atoms with van der Waals surface area (Å²) in [5, 5.41) is 11.7. The molecule has 0 radical (unpaired) electrons. The van der Waals surface area contributed by atoms with Crippen LogP contribution in [0.3, 0.4) is 0 Å². The molecule has 0 spiro atoms. The number of rotatable bonds is 11. The Kier molecular flexibility index (Phi) is 31.9. The van der Waals surface area contributed by atoms with Gasteiger partial charge in [0.15, 0.2) is 0 Å². The molecule has 10 heteroatoms. The van der Waals surface area contributed by atoms with E-state index in [-0.39, 0.29) is 57.4 Å². The Morgan fingerprint density at radius 3 is 1.67 bits per heavy atom. The average Bonchev–Trinajstić information content (AvgIpc) is 2.39. The molecule has 0 saturated heterocycles. The topological polar surface area (TPSA) is 164 Å². The molecule has 0 aromatic rings. The van der Waals surface area contributed by atoms with Gasteiger partial charge in [-0.3, -0.25) is 18.9 Å². The van der Waals surface area contributed by atoms with Gasteiger partial charge in [-0.2, -0.15) is 8.42 Å². The van der Waals surface area contributed by atoms with Crippen molar-refractivity contribution in [2.24, 2.45) is 23.5 Å². The predicted octanol–water partition coefficient (Wildman–Crippen LogP) is 3.82. The molecule has 5 N–H and O–H groups in total. The largest absolute Gasteiger partial charge is 0.481 e. The molecule has 30 heavy (non-hydrogen) atoms. The molecular weight excluding hydrogens is 412 g/mol. The van der Waals surface area contributed by atoms with Gasteiger partial charge in [-0.15, -0.1) is 0 Å². The van der Waals surface area contributed by atoms with E-state index in [0.717, 1.165) is 0 Å². The van der Waals surface area contributed by atoms with Crippen molar-refractivity contribution in [2.45, 2.75) is 90.6 Å². The smallest absolute Gasteiger partial charge is 0.306 e. The Morgan fingerprint density at radius 1 is 0.933 bits per heavy atom. The first-order valence-corrected chi connectivity index (χ1v) is 9.25. The van der Waals surface area contributed by atoms with Crippen LogP contribution in [-0.2, 0) is 24.5 Å².